The maximum Gasteiger partial charge on any atom is 0.163 e. The Bertz CT molecular complexity index is 912. The molecule has 4 rings (SSSR count). The molecule has 4 nitrogen and oxygen atoms in total. The summed E-state index contributed by atoms with van der Waals surface area (Å²) in [5, 5.41) is 7.21. The van der Waals surface area contributed by atoms with Crippen LogP contribution in [0.3, 0.4) is 0 Å². The number of nitrogens with zero attached hydrogens (tertiary/aromatic N) is 1. The highest BCUT2D eigenvalue weighted by molar-refractivity contribution is 6.01. The first-order valence-corrected chi connectivity index (χ1v) is 9.15. The minimum Gasteiger partial charge on any atom is -0.372 e. The minimum atomic E-state index is -0.182. The van der Waals surface area contributed by atoms with E-state index < -0.39 is 0 Å². The largest absolute Gasteiger partial charge is 0.372 e. The van der Waals surface area contributed by atoms with E-state index in [2.05, 4.69) is 55.4 Å². The highest BCUT2D eigenvalue weighted by atomic mass is 16.1. The van der Waals surface area contributed by atoms with E-state index in [0.717, 1.165) is 34.6 Å². The van der Waals surface area contributed by atoms with Gasteiger partial charge in [0.05, 0.1) is 17.4 Å². The summed E-state index contributed by atoms with van der Waals surface area (Å²) >= 11 is 0. The van der Waals surface area contributed by atoms with E-state index in [0.29, 0.717) is 6.42 Å². The third-order valence-electron chi connectivity index (χ3n) is 5.45. The van der Waals surface area contributed by atoms with Crippen LogP contribution in [-0.4, -0.2) is 10.8 Å². The van der Waals surface area contributed by atoms with Crippen molar-refractivity contribution in [1.29, 1.82) is 0 Å². The number of benzene rings is 1. The second kappa shape index (κ2) is 5.97. The number of carbonyl (C=O) groups is 1. The number of nitrogens with one attached hydrogen (secondary N) is 2. The molecule has 1 aliphatic carbocycles. The van der Waals surface area contributed by atoms with Gasteiger partial charge in [0.25, 0.3) is 0 Å². The van der Waals surface area contributed by atoms with Gasteiger partial charge >= 0.3 is 0 Å². The molecule has 0 radical (unpaired) electrons. The van der Waals surface area contributed by atoms with Gasteiger partial charge < -0.3 is 10.6 Å². The number of aryl methyl sites for hydroxylation is 2. The molecule has 0 unspecified atom stereocenters. The number of ketones is 1. The van der Waals surface area contributed by atoms with Crippen LogP contribution in [0.25, 0.3) is 0 Å². The van der Waals surface area contributed by atoms with Gasteiger partial charge in [-0.05, 0) is 60.6 Å². The summed E-state index contributed by atoms with van der Waals surface area (Å²) in [5.41, 5.74) is 7.40. The summed E-state index contributed by atoms with van der Waals surface area (Å²) in [7, 11) is 0. The quantitative estimate of drug-likeness (QED) is 0.769. The van der Waals surface area contributed by atoms with Crippen molar-refractivity contribution in [3.63, 3.8) is 0 Å². The van der Waals surface area contributed by atoms with Crippen molar-refractivity contribution in [1.82, 2.24) is 4.98 Å². The lowest BCUT2D eigenvalue weighted by molar-refractivity contribution is -0.118. The van der Waals surface area contributed by atoms with Crippen molar-refractivity contribution in [2.45, 2.75) is 46.6 Å². The fourth-order valence-corrected chi connectivity index (χ4v) is 4.01. The van der Waals surface area contributed by atoms with Crippen molar-refractivity contribution in [2.24, 2.45) is 5.41 Å². The normalized spacial score (nSPS) is 21.2. The predicted molar refractivity (Wildman–Crippen MR) is 105 cm³/mol. The Kier molecular flexibility index (Phi) is 3.87. The summed E-state index contributed by atoms with van der Waals surface area (Å²) in [6.07, 6.45) is 5.04. The number of aromatic nitrogens is 1. The molecule has 0 spiro atoms. The number of fused-ring (bicyclic) bond motifs is 1. The van der Waals surface area contributed by atoms with Gasteiger partial charge in [-0.1, -0.05) is 19.9 Å². The number of pyridine rings is 1. The predicted octanol–water partition coefficient (Wildman–Crippen LogP) is 4.92. The van der Waals surface area contributed by atoms with Crippen LogP contribution >= 0.6 is 0 Å². The smallest absolute Gasteiger partial charge is 0.163 e. The van der Waals surface area contributed by atoms with Gasteiger partial charge in [-0.15, -0.1) is 0 Å². The van der Waals surface area contributed by atoms with Crippen molar-refractivity contribution in [3.05, 3.63) is 64.6 Å². The second-order valence-corrected chi connectivity index (χ2v) is 8.30. The van der Waals surface area contributed by atoms with Crippen LogP contribution in [0, 0.1) is 19.3 Å². The molecule has 0 saturated heterocycles. The van der Waals surface area contributed by atoms with Crippen LogP contribution in [0.15, 0.2) is 47.9 Å². The highest BCUT2D eigenvalue weighted by Gasteiger charge is 2.38. The van der Waals surface area contributed by atoms with E-state index in [1.807, 2.05) is 18.3 Å². The number of carbonyl (C=O) groups excluding carboxylic acids is 1. The molecule has 2 heterocycles. The maximum absolute atomic E-state index is 13.1. The first-order chi connectivity index (χ1) is 12.3. The van der Waals surface area contributed by atoms with E-state index in [9.17, 15) is 4.79 Å². The molecule has 134 valence electrons. The van der Waals surface area contributed by atoms with E-state index in [1.165, 1.54) is 11.1 Å². The number of anilines is 2. The van der Waals surface area contributed by atoms with Gasteiger partial charge in [0.15, 0.2) is 5.78 Å². The average Bonchev–Trinajstić information content (AvgIpc) is 2.72. The van der Waals surface area contributed by atoms with Crippen LogP contribution in [0.2, 0.25) is 0 Å². The Hall–Kier alpha value is -2.62. The molecule has 0 saturated carbocycles. The molecular weight excluding hydrogens is 322 g/mol. The zero-order valence-electron chi connectivity index (χ0n) is 15.8. The molecule has 26 heavy (non-hydrogen) atoms. The molecule has 0 bridgehead atoms. The zero-order valence-corrected chi connectivity index (χ0v) is 15.8. The van der Waals surface area contributed by atoms with E-state index >= 15 is 0 Å². The van der Waals surface area contributed by atoms with Crippen LogP contribution in [-0.2, 0) is 4.79 Å². The number of rotatable bonds is 1. The van der Waals surface area contributed by atoms with E-state index in [4.69, 9.17) is 0 Å². The minimum absolute atomic E-state index is 0.0351. The molecule has 0 fully saturated rings. The lowest BCUT2D eigenvalue weighted by Gasteiger charge is -2.34. The molecule has 1 atom stereocenters. The van der Waals surface area contributed by atoms with E-state index in [-0.39, 0.29) is 17.2 Å². The van der Waals surface area contributed by atoms with E-state index in [1.54, 1.807) is 6.20 Å². The summed E-state index contributed by atoms with van der Waals surface area (Å²) in [5.74, 6) is 0.214. The SMILES string of the molecule is Cc1cc2c(cc1C)N[C@H](c1cccnc1)C1=C(CC(C)(C)CC1=O)N2. The van der Waals surface area contributed by atoms with Crippen molar-refractivity contribution < 1.29 is 4.79 Å². The maximum atomic E-state index is 13.1. The fraction of sp³-hybridized carbons (Fsp3) is 0.364. The van der Waals surface area contributed by atoms with Gasteiger partial charge in [0.2, 0.25) is 0 Å². The number of hydrogen-bond donors (Lipinski definition) is 2. The first-order valence-electron chi connectivity index (χ1n) is 9.15. The zero-order chi connectivity index (χ0) is 18.5. The van der Waals surface area contributed by atoms with Crippen molar-refractivity contribution in [3.8, 4) is 0 Å². The number of Topliss-reactive ketones (excluding diaryl/α,β-unsaturated/α-hetero) is 1. The molecule has 1 aliphatic heterocycles. The molecule has 2 aromatic rings. The Labute approximate surface area is 154 Å². The summed E-state index contributed by atoms with van der Waals surface area (Å²) in [6.45, 7) is 8.55. The Morgan fingerprint density at radius 3 is 2.54 bits per heavy atom. The number of hydrogen-bond acceptors (Lipinski definition) is 4. The molecule has 0 amide bonds. The molecule has 1 aromatic heterocycles. The van der Waals surface area contributed by atoms with Gasteiger partial charge in [0, 0.05) is 30.1 Å². The second-order valence-electron chi connectivity index (χ2n) is 8.30. The monoisotopic (exact) mass is 347 g/mol. The van der Waals surface area contributed by atoms with Crippen LogP contribution in [0.5, 0.6) is 0 Å². The van der Waals surface area contributed by atoms with Crippen LogP contribution < -0.4 is 10.6 Å². The fourth-order valence-electron chi connectivity index (χ4n) is 4.01. The van der Waals surface area contributed by atoms with Crippen LogP contribution in [0.1, 0.15) is 49.4 Å². The van der Waals surface area contributed by atoms with Gasteiger partial charge in [-0.2, -0.15) is 0 Å². The lowest BCUT2D eigenvalue weighted by Crippen LogP contribution is -2.31. The molecule has 1 aromatic carbocycles. The van der Waals surface area contributed by atoms with Gasteiger partial charge in [-0.25, -0.2) is 0 Å². The third kappa shape index (κ3) is 2.90. The summed E-state index contributed by atoms with van der Waals surface area (Å²) < 4.78 is 0. The Morgan fingerprint density at radius 2 is 1.85 bits per heavy atom. The standard InChI is InChI=1S/C22H25N3O/c1-13-8-16-17(9-14(13)2)25-21(15-6-5-7-23-12-15)20-18(24-16)10-22(3,4)11-19(20)26/h5-9,12,21,24-25H,10-11H2,1-4H3/t21-/m1/s1. The summed E-state index contributed by atoms with van der Waals surface area (Å²) in [4.78, 5) is 17.4. The summed E-state index contributed by atoms with van der Waals surface area (Å²) in [6, 6.07) is 8.11. The van der Waals surface area contributed by atoms with Crippen LogP contribution in [0.4, 0.5) is 11.4 Å². The van der Waals surface area contributed by atoms with Crippen molar-refractivity contribution >= 4 is 17.2 Å². The molecule has 4 heteroatoms. The Balaban J connectivity index is 1.91. The number of allylic oxidation sites excluding steroid dienone is 1. The average molecular weight is 347 g/mol. The molecular formula is C22H25N3O. The molecule has 2 N–H and O–H groups in total. The van der Waals surface area contributed by atoms with Gasteiger partial charge in [0.1, 0.15) is 0 Å². The van der Waals surface area contributed by atoms with Crippen molar-refractivity contribution in [2.75, 3.05) is 10.6 Å². The Morgan fingerprint density at radius 1 is 1.12 bits per heavy atom. The third-order valence-corrected chi connectivity index (χ3v) is 5.45. The molecule has 2 aliphatic rings. The lowest BCUT2D eigenvalue weighted by atomic mass is 9.73. The topological polar surface area (TPSA) is 54.0 Å². The van der Waals surface area contributed by atoms with Gasteiger partial charge in [-0.3, -0.25) is 9.78 Å². The highest BCUT2D eigenvalue weighted by Crippen LogP contribution is 2.45. The first kappa shape index (κ1) is 16.8.